The molecule has 1 heterocycles. The molecule has 1 aromatic carbocycles. The number of carbonyl (C=O) groups excluding carboxylic acids is 1. The molecule has 0 saturated heterocycles. The van der Waals surface area contributed by atoms with Gasteiger partial charge in [0.2, 0.25) is 0 Å². The van der Waals surface area contributed by atoms with Gasteiger partial charge in [-0.1, -0.05) is 29.8 Å². The number of Topliss-reactive ketones (excluding diaryl/α,β-unsaturated/α-hetero) is 1. The van der Waals surface area contributed by atoms with Crippen molar-refractivity contribution >= 4 is 21.7 Å². The van der Waals surface area contributed by atoms with Crippen LogP contribution < -0.4 is 4.74 Å². The zero-order valence-electron chi connectivity index (χ0n) is 9.55. The Morgan fingerprint density at radius 1 is 1.50 bits per heavy atom. The Kier molecular flexibility index (Phi) is 3.33. The van der Waals surface area contributed by atoms with Gasteiger partial charge in [-0.3, -0.25) is 4.79 Å². The van der Waals surface area contributed by atoms with E-state index in [1.54, 1.807) is 0 Å². The summed E-state index contributed by atoms with van der Waals surface area (Å²) in [6, 6.07) is 4.07. The molecule has 0 aliphatic carbocycles. The van der Waals surface area contributed by atoms with Gasteiger partial charge in [-0.15, -0.1) is 0 Å². The molecule has 16 heavy (non-hydrogen) atoms. The molecule has 0 aromatic heterocycles. The zero-order chi connectivity index (χ0) is 11.7. The summed E-state index contributed by atoms with van der Waals surface area (Å²) in [5, 5.41) is 0. The minimum Gasteiger partial charge on any atom is -0.493 e. The van der Waals surface area contributed by atoms with Crippen molar-refractivity contribution in [3.63, 3.8) is 0 Å². The Hall–Kier alpha value is -0.830. The summed E-state index contributed by atoms with van der Waals surface area (Å²) < 4.78 is 6.62. The van der Waals surface area contributed by atoms with Crippen LogP contribution in [0, 0.1) is 5.92 Å². The molecular weight excluding hydrogens is 268 g/mol. The second kappa shape index (κ2) is 4.58. The molecule has 0 radical (unpaired) electrons. The van der Waals surface area contributed by atoms with E-state index >= 15 is 0 Å². The molecule has 3 heteroatoms. The third-order valence-electron chi connectivity index (χ3n) is 2.83. The molecule has 0 amide bonds. The van der Waals surface area contributed by atoms with Crippen LogP contribution >= 0.6 is 15.9 Å². The van der Waals surface area contributed by atoms with Crippen LogP contribution in [0.1, 0.15) is 25.0 Å². The monoisotopic (exact) mass is 282 g/mol. The highest BCUT2D eigenvalue weighted by atomic mass is 79.9. The quantitative estimate of drug-likeness (QED) is 0.851. The lowest BCUT2D eigenvalue weighted by atomic mass is 9.98. The van der Waals surface area contributed by atoms with E-state index in [0.29, 0.717) is 6.42 Å². The Labute approximate surface area is 104 Å². The van der Waals surface area contributed by atoms with E-state index in [9.17, 15) is 4.79 Å². The zero-order valence-corrected chi connectivity index (χ0v) is 11.1. The second-order valence-electron chi connectivity index (χ2n) is 4.45. The number of ether oxygens (including phenoxy) is 1. The summed E-state index contributed by atoms with van der Waals surface area (Å²) in [5.74, 6) is 1.27. The molecule has 2 nitrogen and oxygen atoms in total. The number of halogens is 1. The number of hydrogen-bond donors (Lipinski definition) is 0. The highest BCUT2D eigenvalue weighted by molar-refractivity contribution is 9.10. The maximum atomic E-state index is 11.8. The average Bonchev–Trinajstić information content (AvgIpc) is 2.65. The predicted molar refractivity (Wildman–Crippen MR) is 66.9 cm³/mol. The van der Waals surface area contributed by atoms with Gasteiger partial charge in [-0.2, -0.15) is 0 Å². The van der Waals surface area contributed by atoms with E-state index in [0.717, 1.165) is 28.8 Å². The number of fused-ring (bicyclic) bond motifs is 1. The second-order valence-corrected chi connectivity index (χ2v) is 5.37. The van der Waals surface area contributed by atoms with Crippen molar-refractivity contribution in [3.05, 3.63) is 27.7 Å². The predicted octanol–water partition coefficient (Wildman–Crippen LogP) is 3.15. The summed E-state index contributed by atoms with van der Waals surface area (Å²) >= 11 is 3.48. The maximum Gasteiger partial charge on any atom is 0.139 e. The fourth-order valence-corrected chi connectivity index (χ4v) is 2.42. The summed E-state index contributed by atoms with van der Waals surface area (Å²) in [7, 11) is 0. The molecule has 0 atom stereocenters. The van der Waals surface area contributed by atoms with Crippen molar-refractivity contribution in [2.45, 2.75) is 26.7 Å². The Balaban J connectivity index is 2.30. The van der Waals surface area contributed by atoms with Gasteiger partial charge in [-0.25, -0.2) is 0 Å². The van der Waals surface area contributed by atoms with Crippen LogP contribution in [0.3, 0.4) is 0 Å². The number of rotatable bonds is 3. The lowest BCUT2D eigenvalue weighted by Gasteiger charge is -2.09. The van der Waals surface area contributed by atoms with Crippen molar-refractivity contribution in [2.75, 3.05) is 6.61 Å². The van der Waals surface area contributed by atoms with Gasteiger partial charge in [0.15, 0.2) is 0 Å². The van der Waals surface area contributed by atoms with Gasteiger partial charge in [0.05, 0.1) is 6.61 Å². The molecule has 0 bridgehead atoms. The molecule has 0 N–H and O–H groups in total. The van der Waals surface area contributed by atoms with Crippen LogP contribution in [0.15, 0.2) is 16.6 Å². The third-order valence-corrected chi connectivity index (χ3v) is 3.29. The number of ketones is 1. The summed E-state index contributed by atoms with van der Waals surface area (Å²) in [5.41, 5.74) is 2.22. The molecule has 1 aliphatic rings. The highest BCUT2D eigenvalue weighted by Crippen LogP contribution is 2.33. The molecular formula is C13H15BrO2. The van der Waals surface area contributed by atoms with Crippen LogP contribution in [-0.2, 0) is 17.6 Å². The molecule has 0 fully saturated rings. The largest absolute Gasteiger partial charge is 0.493 e. The van der Waals surface area contributed by atoms with Crippen LogP contribution in [0.2, 0.25) is 0 Å². The first-order valence-electron chi connectivity index (χ1n) is 5.54. The van der Waals surface area contributed by atoms with Crippen molar-refractivity contribution in [2.24, 2.45) is 5.92 Å². The van der Waals surface area contributed by atoms with Crippen molar-refractivity contribution in [1.82, 2.24) is 0 Å². The fraction of sp³-hybridized carbons (Fsp3) is 0.462. The summed E-state index contributed by atoms with van der Waals surface area (Å²) in [4.78, 5) is 11.8. The van der Waals surface area contributed by atoms with Gasteiger partial charge in [0.25, 0.3) is 0 Å². The summed E-state index contributed by atoms with van der Waals surface area (Å²) in [6.07, 6.45) is 1.41. The number of hydrogen-bond acceptors (Lipinski definition) is 2. The molecule has 86 valence electrons. The Bertz CT molecular complexity index is 424. The average molecular weight is 283 g/mol. The SMILES string of the molecule is CC(C)C(=O)Cc1cc(Br)cc2c1OCC2. The molecule has 1 aromatic rings. The van der Waals surface area contributed by atoms with Gasteiger partial charge in [0, 0.05) is 28.8 Å². The Morgan fingerprint density at radius 3 is 2.94 bits per heavy atom. The topological polar surface area (TPSA) is 26.3 Å². The van der Waals surface area contributed by atoms with Crippen LogP contribution in [0.5, 0.6) is 5.75 Å². The van der Waals surface area contributed by atoms with Crippen molar-refractivity contribution in [1.29, 1.82) is 0 Å². The molecule has 0 spiro atoms. The fourth-order valence-electron chi connectivity index (χ4n) is 1.87. The van der Waals surface area contributed by atoms with Gasteiger partial charge in [-0.05, 0) is 17.7 Å². The first kappa shape index (κ1) is 11.6. The maximum absolute atomic E-state index is 11.8. The van der Waals surface area contributed by atoms with E-state index in [2.05, 4.69) is 22.0 Å². The smallest absolute Gasteiger partial charge is 0.139 e. The molecule has 2 rings (SSSR count). The van der Waals surface area contributed by atoms with E-state index in [4.69, 9.17) is 4.74 Å². The van der Waals surface area contributed by atoms with E-state index < -0.39 is 0 Å². The van der Waals surface area contributed by atoms with Crippen molar-refractivity contribution < 1.29 is 9.53 Å². The number of benzene rings is 1. The standard InChI is InChI=1S/C13H15BrO2/c1-8(2)12(15)7-10-6-11(14)5-9-3-4-16-13(9)10/h5-6,8H,3-4,7H2,1-2H3. The van der Waals surface area contributed by atoms with Gasteiger partial charge < -0.3 is 4.74 Å². The van der Waals surface area contributed by atoms with E-state index in [1.807, 2.05) is 19.9 Å². The normalized spacial score (nSPS) is 13.8. The first-order valence-corrected chi connectivity index (χ1v) is 6.34. The van der Waals surface area contributed by atoms with Crippen LogP contribution in [0.4, 0.5) is 0 Å². The number of carbonyl (C=O) groups is 1. The summed E-state index contributed by atoms with van der Waals surface area (Å²) in [6.45, 7) is 4.59. The minimum absolute atomic E-state index is 0.0797. The van der Waals surface area contributed by atoms with E-state index in [-0.39, 0.29) is 11.7 Å². The lowest BCUT2D eigenvalue weighted by molar-refractivity contribution is -0.121. The third kappa shape index (κ3) is 2.29. The van der Waals surface area contributed by atoms with E-state index in [1.165, 1.54) is 5.56 Å². The Morgan fingerprint density at radius 2 is 2.25 bits per heavy atom. The van der Waals surface area contributed by atoms with Crippen molar-refractivity contribution in [3.8, 4) is 5.75 Å². The molecule has 0 saturated carbocycles. The minimum atomic E-state index is 0.0797. The van der Waals surface area contributed by atoms with Gasteiger partial charge >= 0.3 is 0 Å². The van der Waals surface area contributed by atoms with Gasteiger partial charge in [0.1, 0.15) is 11.5 Å². The van der Waals surface area contributed by atoms with Crippen LogP contribution in [0.25, 0.3) is 0 Å². The lowest BCUT2D eigenvalue weighted by Crippen LogP contribution is -2.10. The highest BCUT2D eigenvalue weighted by Gasteiger charge is 2.19. The first-order chi connectivity index (χ1) is 7.58. The molecule has 0 unspecified atom stereocenters. The molecule has 1 aliphatic heterocycles. The van der Waals surface area contributed by atoms with Crippen LogP contribution in [-0.4, -0.2) is 12.4 Å².